The maximum atomic E-state index is 13.4. The molecule has 3 heteroatoms. The van der Waals surface area contributed by atoms with Crippen molar-refractivity contribution in [1.29, 1.82) is 0 Å². The van der Waals surface area contributed by atoms with Crippen LogP contribution in [0.25, 0.3) is 16.5 Å². The Morgan fingerprint density at radius 1 is 1.32 bits per heavy atom. The van der Waals surface area contributed by atoms with Crippen LogP contribution >= 0.6 is 0 Å². The van der Waals surface area contributed by atoms with E-state index in [0.29, 0.717) is 6.04 Å². The van der Waals surface area contributed by atoms with Gasteiger partial charge < -0.3 is 4.98 Å². The van der Waals surface area contributed by atoms with E-state index >= 15 is 0 Å². The number of nitrogens with one attached hydrogen (secondary N) is 1. The molecular weight excluding hydrogens is 239 g/mol. The molecule has 2 aliphatic heterocycles. The third-order valence-corrected chi connectivity index (χ3v) is 4.52. The number of nitrogens with zero attached hydrogens (tertiary/aromatic N) is 1. The molecule has 1 fully saturated rings. The van der Waals surface area contributed by atoms with Crippen molar-refractivity contribution >= 4 is 16.5 Å². The van der Waals surface area contributed by atoms with Gasteiger partial charge in [-0.15, -0.1) is 0 Å². The molecule has 0 saturated carbocycles. The quantitative estimate of drug-likeness (QED) is 0.826. The molecule has 2 aliphatic rings. The lowest BCUT2D eigenvalue weighted by atomic mass is 9.94. The van der Waals surface area contributed by atoms with Gasteiger partial charge in [-0.05, 0) is 49.6 Å². The Hall–Kier alpha value is -1.61. The summed E-state index contributed by atoms with van der Waals surface area (Å²) in [4.78, 5) is 5.81. The summed E-state index contributed by atoms with van der Waals surface area (Å²) in [6.45, 7) is 2.28. The smallest absolute Gasteiger partial charge is 0.123 e. The van der Waals surface area contributed by atoms with Gasteiger partial charge in [0.15, 0.2) is 0 Å². The summed E-state index contributed by atoms with van der Waals surface area (Å²) in [5, 5.41) is 1.01. The number of fused-ring (bicyclic) bond motifs is 2. The Morgan fingerprint density at radius 3 is 3.21 bits per heavy atom. The molecule has 19 heavy (non-hydrogen) atoms. The van der Waals surface area contributed by atoms with Gasteiger partial charge in [-0.25, -0.2) is 4.39 Å². The number of aromatic amines is 1. The van der Waals surface area contributed by atoms with E-state index in [9.17, 15) is 4.39 Å². The van der Waals surface area contributed by atoms with Crippen LogP contribution in [0.3, 0.4) is 0 Å². The molecule has 1 N–H and O–H groups in total. The fourth-order valence-electron chi connectivity index (χ4n) is 3.51. The molecule has 0 amide bonds. The van der Waals surface area contributed by atoms with Crippen molar-refractivity contribution in [2.75, 3.05) is 13.1 Å². The zero-order valence-electron chi connectivity index (χ0n) is 10.8. The van der Waals surface area contributed by atoms with Crippen LogP contribution in [0.4, 0.5) is 4.39 Å². The summed E-state index contributed by atoms with van der Waals surface area (Å²) in [6.07, 6.45) is 8.06. The molecule has 1 aromatic heterocycles. The number of rotatable bonds is 1. The monoisotopic (exact) mass is 256 g/mol. The molecule has 2 aromatic rings. The second-order valence-electron chi connectivity index (χ2n) is 5.62. The van der Waals surface area contributed by atoms with E-state index in [1.54, 1.807) is 6.07 Å². The molecular formula is C16H17FN2. The largest absolute Gasteiger partial charge is 0.361 e. The molecule has 0 unspecified atom stereocenters. The van der Waals surface area contributed by atoms with Gasteiger partial charge >= 0.3 is 0 Å². The van der Waals surface area contributed by atoms with Gasteiger partial charge in [0, 0.05) is 35.2 Å². The van der Waals surface area contributed by atoms with E-state index in [2.05, 4.69) is 16.0 Å². The van der Waals surface area contributed by atoms with Crippen molar-refractivity contribution < 1.29 is 4.39 Å². The molecule has 0 aliphatic carbocycles. The van der Waals surface area contributed by atoms with Crippen molar-refractivity contribution in [1.82, 2.24) is 9.88 Å². The van der Waals surface area contributed by atoms with Gasteiger partial charge in [-0.2, -0.15) is 0 Å². The van der Waals surface area contributed by atoms with Crippen molar-refractivity contribution in [3.63, 3.8) is 0 Å². The van der Waals surface area contributed by atoms with Gasteiger partial charge in [-0.3, -0.25) is 4.90 Å². The minimum absolute atomic E-state index is 0.160. The molecule has 4 rings (SSSR count). The number of hydrogen-bond donors (Lipinski definition) is 1. The van der Waals surface area contributed by atoms with Crippen molar-refractivity contribution in [3.05, 3.63) is 41.9 Å². The normalized spacial score (nSPS) is 23.6. The minimum Gasteiger partial charge on any atom is -0.361 e. The highest BCUT2D eigenvalue weighted by Gasteiger charge is 2.28. The summed E-state index contributed by atoms with van der Waals surface area (Å²) >= 11 is 0. The van der Waals surface area contributed by atoms with Crippen LogP contribution in [0.5, 0.6) is 0 Å². The predicted molar refractivity (Wildman–Crippen MR) is 75.4 cm³/mol. The Balaban J connectivity index is 1.76. The fraction of sp³-hybridized carbons (Fsp3) is 0.375. The third-order valence-electron chi connectivity index (χ3n) is 4.52. The molecule has 3 heterocycles. The average Bonchev–Trinajstić information content (AvgIpc) is 3.03. The third kappa shape index (κ3) is 1.80. The van der Waals surface area contributed by atoms with Crippen LogP contribution in [0.2, 0.25) is 0 Å². The maximum Gasteiger partial charge on any atom is 0.123 e. The van der Waals surface area contributed by atoms with Gasteiger partial charge in [0.25, 0.3) is 0 Å². The lowest BCUT2D eigenvalue weighted by Gasteiger charge is -2.29. The topological polar surface area (TPSA) is 19.0 Å². The molecule has 2 nitrogen and oxygen atoms in total. The first kappa shape index (κ1) is 11.2. The van der Waals surface area contributed by atoms with Crippen molar-refractivity contribution in [3.8, 4) is 0 Å². The summed E-state index contributed by atoms with van der Waals surface area (Å²) in [5.41, 5.74) is 3.58. The zero-order valence-corrected chi connectivity index (χ0v) is 10.8. The Kier molecular flexibility index (Phi) is 2.49. The standard InChI is InChI=1S/C16H17FN2/c17-12-3-4-16-14(9-12)15(10-18-16)11-5-7-19-6-1-2-13(19)8-11/h3-5,9-10,13,18H,1-2,6-8H2/t13-/m0/s1. The summed E-state index contributed by atoms with van der Waals surface area (Å²) in [6, 6.07) is 5.66. The molecule has 0 bridgehead atoms. The van der Waals surface area contributed by atoms with Gasteiger partial charge in [0.05, 0.1) is 0 Å². The molecule has 1 aromatic carbocycles. The van der Waals surface area contributed by atoms with E-state index in [4.69, 9.17) is 0 Å². The second kappa shape index (κ2) is 4.20. The number of H-pyrrole nitrogens is 1. The fourth-order valence-corrected chi connectivity index (χ4v) is 3.51. The lowest BCUT2D eigenvalue weighted by Crippen LogP contribution is -2.32. The second-order valence-corrected chi connectivity index (χ2v) is 5.62. The van der Waals surface area contributed by atoms with Gasteiger partial charge in [-0.1, -0.05) is 6.08 Å². The molecule has 1 atom stereocenters. The van der Waals surface area contributed by atoms with Crippen LogP contribution in [0, 0.1) is 5.82 Å². The number of benzene rings is 1. The highest BCUT2D eigenvalue weighted by atomic mass is 19.1. The van der Waals surface area contributed by atoms with Crippen molar-refractivity contribution in [2.24, 2.45) is 0 Å². The lowest BCUT2D eigenvalue weighted by molar-refractivity contribution is 0.275. The summed E-state index contributed by atoms with van der Waals surface area (Å²) in [5.74, 6) is -0.160. The number of aromatic nitrogens is 1. The molecule has 0 radical (unpaired) electrons. The average molecular weight is 256 g/mol. The van der Waals surface area contributed by atoms with Crippen LogP contribution in [-0.2, 0) is 0 Å². The first-order chi connectivity index (χ1) is 9.31. The van der Waals surface area contributed by atoms with Gasteiger partial charge in [0.1, 0.15) is 5.82 Å². The SMILES string of the molecule is Fc1ccc2[nH]cc(C3=CCN4CCC[C@H]4C3)c2c1. The molecule has 98 valence electrons. The molecule has 1 saturated heterocycles. The highest BCUT2D eigenvalue weighted by Crippen LogP contribution is 2.35. The van der Waals surface area contributed by atoms with Crippen LogP contribution in [-0.4, -0.2) is 29.0 Å². The Bertz CT molecular complexity index is 656. The Labute approximate surface area is 111 Å². The first-order valence-electron chi connectivity index (χ1n) is 7.01. The van der Waals surface area contributed by atoms with E-state index in [-0.39, 0.29) is 5.82 Å². The minimum atomic E-state index is -0.160. The van der Waals surface area contributed by atoms with Crippen LogP contribution in [0.1, 0.15) is 24.8 Å². The Morgan fingerprint density at radius 2 is 2.26 bits per heavy atom. The maximum absolute atomic E-state index is 13.4. The summed E-state index contributed by atoms with van der Waals surface area (Å²) in [7, 11) is 0. The predicted octanol–water partition coefficient (Wildman–Crippen LogP) is 3.56. The number of halogens is 1. The van der Waals surface area contributed by atoms with E-state index in [1.165, 1.54) is 36.6 Å². The van der Waals surface area contributed by atoms with E-state index < -0.39 is 0 Å². The van der Waals surface area contributed by atoms with Crippen LogP contribution < -0.4 is 0 Å². The van der Waals surface area contributed by atoms with Crippen molar-refractivity contribution in [2.45, 2.75) is 25.3 Å². The number of hydrogen-bond acceptors (Lipinski definition) is 1. The van der Waals surface area contributed by atoms with E-state index in [1.807, 2.05) is 12.3 Å². The highest BCUT2D eigenvalue weighted by molar-refractivity contribution is 5.92. The molecule has 0 spiro atoms. The van der Waals surface area contributed by atoms with E-state index in [0.717, 1.165) is 23.9 Å². The zero-order chi connectivity index (χ0) is 12.8. The first-order valence-corrected chi connectivity index (χ1v) is 7.01. The summed E-state index contributed by atoms with van der Waals surface area (Å²) < 4.78 is 13.4. The van der Waals surface area contributed by atoms with Gasteiger partial charge in [0.2, 0.25) is 0 Å². The van der Waals surface area contributed by atoms with Crippen LogP contribution in [0.15, 0.2) is 30.5 Å².